The minimum absolute atomic E-state index is 0. The van der Waals surface area contributed by atoms with Gasteiger partial charge in [0.1, 0.15) is 0 Å². The van der Waals surface area contributed by atoms with E-state index in [0.29, 0.717) is 18.9 Å². The van der Waals surface area contributed by atoms with Crippen LogP contribution in [0.3, 0.4) is 0 Å². The van der Waals surface area contributed by atoms with Gasteiger partial charge in [0.2, 0.25) is 0 Å². The van der Waals surface area contributed by atoms with Crippen molar-refractivity contribution in [3.8, 4) is 0 Å². The maximum absolute atomic E-state index is 12.9. The van der Waals surface area contributed by atoms with Gasteiger partial charge in [-0.2, -0.15) is 0 Å². The van der Waals surface area contributed by atoms with Gasteiger partial charge < -0.3 is 27.6 Å². The fourth-order valence-electron chi connectivity index (χ4n) is 4.32. The average Bonchev–Trinajstić information content (AvgIpc) is 2.63. The number of benzene rings is 1. The lowest BCUT2D eigenvalue weighted by molar-refractivity contribution is -0.405. The van der Waals surface area contributed by atoms with E-state index in [4.69, 9.17) is 0 Å². The Bertz CT molecular complexity index is 836. The molecule has 3 heterocycles. The second-order valence-corrected chi connectivity index (χ2v) is 7.33. The van der Waals surface area contributed by atoms with E-state index in [9.17, 15) is 9.59 Å². The van der Waals surface area contributed by atoms with Crippen molar-refractivity contribution in [3.05, 3.63) is 70.1 Å². The number of hydrogen-bond donors (Lipinski definition) is 1. The summed E-state index contributed by atoms with van der Waals surface area (Å²) >= 11 is 0. The molecule has 1 aromatic carbocycles. The molecule has 3 atom stereocenters. The summed E-state index contributed by atoms with van der Waals surface area (Å²) in [6.07, 6.45) is 1.73. The summed E-state index contributed by atoms with van der Waals surface area (Å²) in [7, 11) is 0. The molecule has 2 aromatic rings. The number of likely N-dealkylation sites (tertiary alicyclic amines) is 1. The Labute approximate surface area is 159 Å². The lowest BCUT2D eigenvalue weighted by atomic mass is 9.83. The lowest BCUT2D eigenvalue weighted by Crippen LogP contribution is -3.00. The van der Waals surface area contributed by atoms with Crippen LogP contribution in [0.25, 0.3) is 0 Å². The van der Waals surface area contributed by atoms with Crippen LogP contribution in [0.2, 0.25) is 0 Å². The van der Waals surface area contributed by atoms with Gasteiger partial charge in [-0.25, -0.2) is 0 Å². The fourth-order valence-corrected chi connectivity index (χ4v) is 4.32. The van der Waals surface area contributed by atoms with Crippen LogP contribution in [0.1, 0.15) is 23.6 Å². The second-order valence-electron chi connectivity index (χ2n) is 7.33. The number of rotatable bonds is 3. The maximum atomic E-state index is 12.9. The molecule has 1 fully saturated rings. The number of carbonyl (C=O) groups excluding carboxylic acids is 1. The topological polar surface area (TPSA) is 70.0 Å². The molecule has 2 aliphatic rings. The molecule has 2 unspecified atom stereocenters. The SMILES string of the molecule is [Cl-].[NH3+][C@@H](Cc1ccccc1)C(=O)N1CC2CC(C1)c1cccc(=O)n1C2. The number of quaternary nitrogens is 1. The number of pyridine rings is 1. The smallest absolute Gasteiger partial charge is 0.281 e. The van der Waals surface area contributed by atoms with E-state index in [1.54, 1.807) is 6.07 Å². The van der Waals surface area contributed by atoms with Crippen molar-refractivity contribution < 1.29 is 22.9 Å². The van der Waals surface area contributed by atoms with Gasteiger partial charge in [-0.15, -0.1) is 0 Å². The van der Waals surface area contributed by atoms with Crippen molar-refractivity contribution in [2.45, 2.75) is 31.3 Å². The van der Waals surface area contributed by atoms with Gasteiger partial charge in [0.05, 0.1) is 0 Å². The number of amides is 1. The van der Waals surface area contributed by atoms with Crippen molar-refractivity contribution in [1.29, 1.82) is 0 Å². The molecule has 0 aliphatic carbocycles. The van der Waals surface area contributed by atoms with E-state index in [1.165, 1.54) is 0 Å². The van der Waals surface area contributed by atoms with E-state index in [2.05, 4.69) is 5.73 Å². The summed E-state index contributed by atoms with van der Waals surface area (Å²) in [6.45, 7) is 2.15. The molecule has 1 amide bonds. The summed E-state index contributed by atoms with van der Waals surface area (Å²) in [4.78, 5) is 27.0. The summed E-state index contributed by atoms with van der Waals surface area (Å²) < 4.78 is 1.90. The van der Waals surface area contributed by atoms with Crippen molar-refractivity contribution in [2.75, 3.05) is 13.1 Å². The molecule has 0 saturated carbocycles. The Morgan fingerprint density at radius 1 is 1.08 bits per heavy atom. The van der Waals surface area contributed by atoms with Gasteiger partial charge in [-0.05, 0) is 24.0 Å². The van der Waals surface area contributed by atoms with E-state index in [0.717, 1.165) is 30.8 Å². The van der Waals surface area contributed by atoms with Gasteiger partial charge in [-0.3, -0.25) is 9.59 Å². The van der Waals surface area contributed by atoms with Gasteiger partial charge in [-0.1, -0.05) is 36.4 Å². The van der Waals surface area contributed by atoms with E-state index >= 15 is 0 Å². The first-order chi connectivity index (χ1) is 12.1. The Hall–Kier alpha value is -2.11. The molecule has 5 nitrogen and oxygen atoms in total. The molecule has 26 heavy (non-hydrogen) atoms. The van der Waals surface area contributed by atoms with E-state index in [-0.39, 0.29) is 35.8 Å². The Morgan fingerprint density at radius 3 is 2.62 bits per heavy atom. The number of hydrogen-bond acceptors (Lipinski definition) is 2. The zero-order chi connectivity index (χ0) is 17.4. The van der Waals surface area contributed by atoms with Crippen LogP contribution >= 0.6 is 0 Å². The number of piperidine rings is 1. The number of carbonyl (C=O) groups is 1. The molecule has 1 aromatic heterocycles. The summed E-state index contributed by atoms with van der Waals surface area (Å²) in [5.41, 5.74) is 6.41. The highest BCUT2D eigenvalue weighted by Gasteiger charge is 2.38. The predicted octanol–water partition coefficient (Wildman–Crippen LogP) is -2.35. The Kier molecular flexibility index (Phi) is 5.49. The number of halogens is 1. The number of nitrogens with zero attached hydrogens (tertiary/aromatic N) is 2. The summed E-state index contributed by atoms with van der Waals surface area (Å²) in [5.74, 6) is 0.749. The molecule has 6 heteroatoms. The first-order valence-corrected chi connectivity index (χ1v) is 8.97. The van der Waals surface area contributed by atoms with Crippen LogP contribution in [0.5, 0.6) is 0 Å². The minimum Gasteiger partial charge on any atom is -1.00 e. The number of fused-ring (bicyclic) bond motifs is 4. The molecule has 0 radical (unpaired) electrons. The highest BCUT2D eigenvalue weighted by molar-refractivity contribution is 5.81. The van der Waals surface area contributed by atoms with Crippen LogP contribution < -0.4 is 23.7 Å². The van der Waals surface area contributed by atoms with Crippen molar-refractivity contribution in [1.82, 2.24) is 9.47 Å². The van der Waals surface area contributed by atoms with Crippen molar-refractivity contribution in [2.24, 2.45) is 5.92 Å². The van der Waals surface area contributed by atoms with Gasteiger partial charge in [0, 0.05) is 43.7 Å². The van der Waals surface area contributed by atoms with Gasteiger partial charge in [0.15, 0.2) is 6.04 Å². The third-order valence-corrected chi connectivity index (χ3v) is 5.47. The molecule has 2 aliphatic heterocycles. The molecular weight excluding hydrogens is 350 g/mol. The average molecular weight is 374 g/mol. The molecule has 4 rings (SSSR count). The van der Waals surface area contributed by atoms with E-state index in [1.807, 2.05) is 51.9 Å². The molecule has 2 bridgehead atoms. The first kappa shape index (κ1) is 18.7. The van der Waals surface area contributed by atoms with Crippen molar-refractivity contribution >= 4 is 5.91 Å². The van der Waals surface area contributed by atoms with Crippen LogP contribution in [0.15, 0.2) is 53.3 Å². The van der Waals surface area contributed by atoms with Crippen LogP contribution in [0, 0.1) is 5.92 Å². The fraction of sp³-hybridized carbons (Fsp3) is 0.400. The third kappa shape index (κ3) is 3.55. The molecule has 1 saturated heterocycles. The second kappa shape index (κ2) is 7.64. The normalized spacial score (nSPS) is 22.1. The van der Waals surface area contributed by atoms with Gasteiger partial charge in [0.25, 0.3) is 11.5 Å². The zero-order valence-electron chi connectivity index (χ0n) is 14.7. The van der Waals surface area contributed by atoms with Gasteiger partial charge >= 0.3 is 0 Å². The maximum Gasteiger partial charge on any atom is 0.281 e. The standard InChI is InChI=1S/C20H23N3O2.ClH/c21-17(10-14-5-2-1-3-6-14)20(25)22-11-15-9-16(13-22)18-7-4-8-19(24)23(18)12-15;/h1-8,15-17H,9-13,21H2;1H/t15?,16?,17-;/m0./s1. The quantitative estimate of drug-likeness (QED) is 0.654. The summed E-state index contributed by atoms with van der Waals surface area (Å²) in [5, 5.41) is 0. The summed E-state index contributed by atoms with van der Waals surface area (Å²) in [6, 6.07) is 15.3. The van der Waals surface area contributed by atoms with Crippen LogP contribution in [0.4, 0.5) is 0 Å². The van der Waals surface area contributed by atoms with Crippen LogP contribution in [-0.4, -0.2) is 34.5 Å². The Balaban J connectivity index is 0.00000196. The van der Waals surface area contributed by atoms with Crippen LogP contribution in [-0.2, 0) is 17.8 Å². The highest BCUT2D eigenvalue weighted by Crippen LogP contribution is 2.35. The molecule has 0 spiro atoms. The first-order valence-electron chi connectivity index (χ1n) is 8.97. The minimum atomic E-state index is -0.265. The Morgan fingerprint density at radius 2 is 1.85 bits per heavy atom. The molecule has 3 N–H and O–H groups in total. The monoisotopic (exact) mass is 373 g/mol. The molecule has 138 valence electrons. The lowest BCUT2D eigenvalue weighted by Gasteiger charge is -2.43. The van der Waals surface area contributed by atoms with Crippen molar-refractivity contribution in [3.63, 3.8) is 0 Å². The molecular formula is C20H24ClN3O2. The largest absolute Gasteiger partial charge is 1.00 e. The number of aromatic nitrogens is 1. The highest BCUT2D eigenvalue weighted by atomic mass is 35.5. The predicted molar refractivity (Wildman–Crippen MR) is 95.0 cm³/mol. The van der Waals surface area contributed by atoms with E-state index < -0.39 is 0 Å². The zero-order valence-corrected chi connectivity index (χ0v) is 15.4. The third-order valence-electron chi connectivity index (χ3n) is 5.47.